The summed E-state index contributed by atoms with van der Waals surface area (Å²) in [4.78, 5) is 0. The lowest BCUT2D eigenvalue weighted by atomic mass is 10.0. The monoisotopic (exact) mass is 482 g/mol. The molecule has 1 heterocycles. The highest BCUT2D eigenvalue weighted by Gasteiger charge is 2.17. The second-order valence-electron chi connectivity index (χ2n) is 4.17. The summed E-state index contributed by atoms with van der Waals surface area (Å²) < 4.78 is 8.34. The van der Waals surface area contributed by atoms with Crippen LogP contribution in [0.4, 0.5) is 0 Å². The van der Waals surface area contributed by atoms with Crippen molar-refractivity contribution < 1.29 is 4.74 Å². The van der Waals surface area contributed by atoms with E-state index in [4.69, 9.17) is 10.6 Å². The molecule has 3 nitrogen and oxygen atoms in total. The van der Waals surface area contributed by atoms with Gasteiger partial charge in [0, 0.05) is 0 Å². The van der Waals surface area contributed by atoms with E-state index in [1.54, 1.807) is 18.4 Å². The number of halogens is 3. The number of hydrogen-bond donors (Lipinski definition) is 2. The van der Waals surface area contributed by atoms with Gasteiger partial charge in [0.2, 0.25) is 0 Å². The molecule has 0 saturated heterocycles. The number of nitrogens with one attached hydrogen (secondary N) is 1. The highest BCUT2D eigenvalue weighted by Crippen LogP contribution is 2.37. The molecule has 0 bridgehead atoms. The van der Waals surface area contributed by atoms with E-state index >= 15 is 0 Å². The first kappa shape index (κ1) is 16.5. The molecule has 0 aliphatic heterocycles. The number of hydrazine groups is 1. The molecule has 0 amide bonds. The Labute approximate surface area is 147 Å². The van der Waals surface area contributed by atoms with Crippen molar-refractivity contribution in [3.63, 3.8) is 0 Å². The molecule has 108 valence electrons. The Morgan fingerprint density at radius 1 is 1.30 bits per heavy atom. The first-order valence-electron chi connectivity index (χ1n) is 5.78. The summed E-state index contributed by atoms with van der Waals surface area (Å²) in [6.07, 6.45) is 0.793. The van der Waals surface area contributed by atoms with Crippen molar-refractivity contribution in [2.24, 2.45) is 5.84 Å². The molecular formula is C13H13Br3N2OS. The fourth-order valence-corrected chi connectivity index (χ4v) is 5.48. The molecule has 2 rings (SSSR count). The summed E-state index contributed by atoms with van der Waals surface area (Å²) >= 11 is 12.2. The van der Waals surface area contributed by atoms with E-state index in [0.717, 1.165) is 29.8 Å². The van der Waals surface area contributed by atoms with Crippen molar-refractivity contribution in [2.45, 2.75) is 12.5 Å². The lowest BCUT2D eigenvalue weighted by Gasteiger charge is -2.16. The minimum Gasteiger partial charge on any atom is -0.496 e. The number of methoxy groups -OCH3 is 1. The second-order valence-corrected chi connectivity index (χ2v) is 8.78. The Balaban J connectivity index is 2.22. The highest BCUT2D eigenvalue weighted by molar-refractivity contribution is 9.12. The largest absolute Gasteiger partial charge is 0.496 e. The van der Waals surface area contributed by atoms with Gasteiger partial charge in [-0.2, -0.15) is 0 Å². The van der Waals surface area contributed by atoms with Gasteiger partial charge in [0.25, 0.3) is 0 Å². The number of hydrogen-bond acceptors (Lipinski definition) is 4. The first-order chi connectivity index (χ1) is 9.55. The number of nitrogens with two attached hydrogens (primary N) is 1. The molecular weight excluding hydrogens is 472 g/mol. The molecule has 1 aromatic carbocycles. The summed E-state index contributed by atoms with van der Waals surface area (Å²) in [5.74, 6) is 6.53. The SMILES string of the molecule is COc1ccc(CC(NN)c2cc(Br)sc2Br)cc1Br. The number of ether oxygens (including phenoxy) is 1. The predicted molar refractivity (Wildman–Crippen MR) is 94.2 cm³/mol. The normalized spacial score (nSPS) is 12.4. The molecule has 20 heavy (non-hydrogen) atoms. The van der Waals surface area contributed by atoms with Gasteiger partial charge in [-0.05, 0) is 83.5 Å². The van der Waals surface area contributed by atoms with Gasteiger partial charge in [-0.1, -0.05) is 6.07 Å². The third-order valence-corrected chi connectivity index (χ3v) is 5.92. The molecule has 0 aliphatic carbocycles. The van der Waals surface area contributed by atoms with E-state index in [1.165, 1.54) is 5.56 Å². The predicted octanol–water partition coefficient (Wildman–Crippen LogP) is 4.79. The molecule has 1 aromatic heterocycles. The molecule has 0 radical (unpaired) electrons. The van der Waals surface area contributed by atoms with Crippen molar-refractivity contribution in [3.05, 3.63) is 47.4 Å². The van der Waals surface area contributed by atoms with Gasteiger partial charge < -0.3 is 4.74 Å². The standard InChI is InChI=1S/C13H13Br3N2OS/c1-19-11-3-2-7(4-9(11)14)5-10(18-17)8-6-12(15)20-13(8)16/h2-4,6,10,18H,5,17H2,1H3. The average Bonchev–Trinajstić information content (AvgIpc) is 2.75. The molecule has 2 aromatic rings. The van der Waals surface area contributed by atoms with Crippen LogP contribution in [0.15, 0.2) is 36.3 Å². The number of rotatable bonds is 5. The van der Waals surface area contributed by atoms with Gasteiger partial charge in [0.15, 0.2) is 0 Å². The van der Waals surface area contributed by atoms with E-state index in [-0.39, 0.29) is 6.04 Å². The lowest BCUT2D eigenvalue weighted by Crippen LogP contribution is -2.29. The fourth-order valence-electron chi connectivity index (χ4n) is 1.92. The molecule has 0 saturated carbocycles. The Morgan fingerprint density at radius 2 is 2.05 bits per heavy atom. The van der Waals surface area contributed by atoms with Crippen molar-refractivity contribution in [1.82, 2.24) is 5.43 Å². The molecule has 3 N–H and O–H groups in total. The van der Waals surface area contributed by atoms with Gasteiger partial charge in [-0.3, -0.25) is 11.3 Å². The van der Waals surface area contributed by atoms with Crippen LogP contribution in [0.5, 0.6) is 5.75 Å². The maximum Gasteiger partial charge on any atom is 0.133 e. The highest BCUT2D eigenvalue weighted by atomic mass is 79.9. The van der Waals surface area contributed by atoms with Crippen LogP contribution < -0.4 is 16.0 Å². The zero-order valence-electron chi connectivity index (χ0n) is 10.6. The summed E-state index contributed by atoms with van der Waals surface area (Å²) in [7, 11) is 1.66. The number of thiophene rings is 1. The zero-order valence-corrected chi connectivity index (χ0v) is 16.2. The quantitative estimate of drug-likeness (QED) is 0.474. The van der Waals surface area contributed by atoms with E-state index in [1.807, 2.05) is 12.1 Å². The van der Waals surface area contributed by atoms with Gasteiger partial charge in [0.1, 0.15) is 5.75 Å². The van der Waals surface area contributed by atoms with Crippen LogP contribution in [0.2, 0.25) is 0 Å². The molecule has 1 atom stereocenters. The topological polar surface area (TPSA) is 47.3 Å². The zero-order chi connectivity index (χ0) is 14.7. The van der Waals surface area contributed by atoms with E-state index in [0.29, 0.717) is 0 Å². The summed E-state index contributed by atoms with van der Waals surface area (Å²) in [6, 6.07) is 8.18. The van der Waals surface area contributed by atoms with Gasteiger partial charge in [-0.25, -0.2) is 0 Å². The van der Waals surface area contributed by atoms with Crippen molar-refractivity contribution in [1.29, 1.82) is 0 Å². The molecule has 0 spiro atoms. The minimum atomic E-state index is 0.0484. The van der Waals surface area contributed by atoms with Crippen LogP contribution in [0.25, 0.3) is 0 Å². The smallest absolute Gasteiger partial charge is 0.133 e. The van der Waals surface area contributed by atoms with E-state index in [9.17, 15) is 0 Å². The van der Waals surface area contributed by atoms with E-state index in [2.05, 4.69) is 65.3 Å². The average molecular weight is 485 g/mol. The van der Waals surface area contributed by atoms with Crippen LogP contribution >= 0.6 is 59.1 Å². The van der Waals surface area contributed by atoms with Crippen LogP contribution in [-0.4, -0.2) is 7.11 Å². The summed E-state index contributed by atoms with van der Waals surface area (Å²) in [5.41, 5.74) is 5.20. The lowest BCUT2D eigenvalue weighted by molar-refractivity contribution is 0.412. The van der Waals surface area contributed by atoms with Gasteiger partial charge in [0.05, 0.1) is 25.2 Å². The first-order valence-corrected chi connectivity index (χ1v) is 8.98. The maximum absolute atomic E-state index is 5.71. The second kappa shape index (κ2) is 7.38. The minimum absolute atomic E-state index is 0.0484. The number of benzene rings is 1. The third-order valence-electron chi connectivity index (χ3n) is 2.92. The Morgan fingerprint density at radius 3 is 2.55 bits per heavy atom. The summed E-state index contributed by atoms with van der Waals surface area (Å²) in [5, 5.41) is 0. The maximum atomic E-state index is 5.71. The van der Waals surface area contributed by atoms with Crippen LogP contribution in [-0.2, 0) is 6.42 Å². The third kappa shape index (κ3) is 3.84. The Bertz CT molecular complexity index is 603. The Hall–Kier alpha value is 0.0800. The van der Waals surface area contributed by atoms with Crippen molar-refractivity contribution in [3.8, 4) is 5.75 Å². The fraction of sp³-hybridized carbons (Fsp3) is 0.231. The van der Waals surface area contributed by atoms with Crippen LogP contribution in [0, 0.1) is 0 Å². The van der Waals surface area contributed by atoms with Crippen LogP contribution in [0.3, 0.4) is 0 Å². The summed E-state index contributed by atoms with van der Waals surface area (Å²) in [6.45, 7) is 0. The van der Waals surface area contributed by atoms with Crippen molar-refractivity contribution in [2.75, 3.05) is 7.11 Å². The molecule has 1 unspecified atom stereocenters. The van der Waals surface area contributed by atoms with Gasteiger partial charge in [-0.15, -0.1) is 11.3 Å². The van der Waals surface area contributed by atoms with Gasteiger partial charge >= 0.3 is 0 Å². The molecule has 7 heteroatoms. The molecule has 0 aliphatic rings. The van der Waals surface area contributed by atoms with E-state index < -0.39 is 0 Å². The molecule has 0 fully saturated rings. The van der Waals surface area contributed by atoms with Crippen LogP contribution in [0.1, 0.15) is 17.2 Å². The van der Waals surface area contributed by atoms with Crippen molar-refractivity contribution >= 4 is 59.1 Å². The Kier molecular flexibility index (Phi) is 6.07.